The zero-order chi connectivity index (χ0) is 38.3. The van der Waals surface area contributed by atoms with Gasteiger partial charge in [-0.25, -0.2) is 9.97 Å². The number of fused-ring (bicyclic) bond motifs is 16. The molecule has 0 radical (unpaired) electrons. The molecule has 59 heavy (non-hydrogen) atoms. The maximum Gasteiger partial charge on any atom is 0.235 e. The number of hydrogen-bond acceptors (Lipinski definition) is 3. The Morgan fingerprint density at radius 2 is 1.00 bits per heavy atom. The Kier molecular flexibility index (Phi) is 6.14. The van der Waals surface area contributed by atoms with Gasteiger partial charge in [-0.1, -0.05) is 133 Å². The lowest BCUT2D eigenvalue weighted by molar-refractivity contribution is 1.01. The van der Waals surface area contributed by atoms with E-state index in [1.807, 2.05) is 23.5 Å². The predicted molar refractivity (Wildman–Crippen MR) is 250 cm³/mol. The minimum Gasteiger partial charge on any atom is -0.308 e. The van der Waals surface area contributed by atoms with Crippen molar-refractivity contribution in [1.29, 1.82) is 0 Å². The average Bonchev–Trinajstić information content (AvgIpc) is 4.04. The second kappa shape index (κ2) is 11.5. The minimum absolute atomic E-state index is 0.671. The van der Waals surface area contributed by atoms with E-state index in [9.17, 15) is 0 Å². The highest BCUT2D eigenvalue weighted by Gasteiger charge is 2.21. The van der Waals surface area contributed by atoms with Crippen molar-refractivity contribution in [2.45, 2.75) is 0 Å². The maximum atomic E-state index is 5.27. The largest absolute Gasteiger partial charge is 0.308 e. The first-order valence-corrected chi connectivity index (χ1v) is 20.9. The van der Waals surface area contributed by atoms with Gasteiger partial charge in [-0.3, -0.25) is 4.57 Å². The van der Waals surface area contributed by atoms with Crippen LogP contribution in [0.2, 0.25) is 0 Å². The van der Waals surface area contributed by atoms with Gasteiger partial charge in [0, 0.05) is 68.8 Å². The Bertz CT molecular complexity index is 4080. The number of hydrogen-bond donors (Lipinski definition) is 0. The summed E-state index contributed by atoms with van der Waals surface area (Å²) in [6.07, 6.45) is 0. The van der Waals surface area contributed by atoms with Crippen molar-refractivity contribution in [3.05, 3.63) is 182 Å². The van der Waals surface area contributed by atoms with Crippen molar-refractivity contribution < 1.29 is 0 Å². The molecule has 0 aliphatic rings. The summed E-state index contributed by atoms with van der Waals surface area (Å²) in [7, 11) is 0. The van der Waals surface area contributed by atoms with Crippen molar-refractivity contribution in [1.82, 2.24) is 18.9 Å². The molecule has 0 bridgehead atoms. The molecule has 4 nitrogen and oxygen atoms in total. The van der Waals surface area contributed by atoms with Crippen molar-refractivity contribution in [2.75, 3.05) is 0 Å². The standard InChI is InChI=1S/C54H30N4S/c1-2-11-31(12-3-1)51-40-15-4-7-18-44(40)55-54(56-51)58-46-20-9-6-14-35(46)42-29-32(21-26-47(42)58)33-22-28-49-43(30-33)39-24-23-36-38(53(39)59-49)25-27-48-50(36)41-17-10-16-37-34-13-5-8-19-45(34)57(48)52(37)41/h1-30H. The molecule has 0 unspecified atom stereocenters. The molecule has 14 rings (SSSR count). The van der Waals surface area contributed by atoms with Crippen LogP contribution in [0.15, 0.2) is 182 Å². The zero-order valence-electron chi connectivity index (χ0n) is 31.5. The van der Waals surface area contributed by atoms with Crippen LogP contribution in [0.25, 0.3) is 130 Å². The summed E-state index contributed by atoms with van der Waals surface area (Å²) in [5.41, 5.74) is 11.4. The smallest absolute Gasteiger partial charge is 0.235 e. The summed E-state index contributed by atoms with van der Waals surface area (Å²) in [4.78, 5) is 10.4. The van der Waals surface area contributed by atoms with Crippen LogP contribution in [0.1, 0.15) is 0 Å². The fourth-order valence-electron chi connectivity index (χ4n) is 10.1. The Balaban J connectivity index is 0.942. The van der Waals surface area contributed by atoms with E-state index in [2.05, 4.69) is 179 Å². The molecular formula is C54H30N4S. The average molecular weight is 767 g/mol. The summed E-state index contributed by atoms with van der Waals surface area (Å²) in [6, 6.07) is 66.2. The first-order valence-electron chi connectivity index (χ1n) is 20.1. The van der Waals surface area contributed by atoms with Gasteiger partial charge in [0.15, 0.2) is 0 Å². The number of nitrogens with zero attached hydrogens (tertiary/aromatic N) is 4. The SMILES string of the molecule is c1ccc(-c2nc(-n3c4ccccc4c4cc(-c5ccc6sc7c(ccc8c7ccc7c8c8cccc9c%10ccccc%10n7c98)c6c5)ccc43)nc3ccccc23)cc1. The third-order valence-corrected chi connectivity index (χ3v) is 13.9. The number of aromatic nitrogens is 4. The summed E-state index contributed by atoms with van der Waals surface area (Å²) in [5.74, 6) is 0.671. The summed E-state index contributed by atoms with van der Waals surface area (Å²) in [6.45, 7) is 0. The lowest BCUT2D eigenvalue weighted by Crippen LogP contribution is -2.03. The lowest BCUT2D eigenvalue weighted by atomic mass is 9.98. The highest BCUT2D eigenvalue weighted by molar-refractivity contribution is 7.26. The van der Waals surface area contributed by atoms with Crippen LogP contribution < -0.4 is 0 Å². The Morgan fingerprint density at radius 3 is 1.88 bits per heavy atom. The first kappa shape index (κ1) is 31.5. The van der Waals surface area contributed by atoms with E-state index in [1.54, 1.807) is 0 Å². The quantitative estimate of drug-likeness (QED) is 0.179. The van der Waals surface area contributed by atoms with Crippen LogP contribution >= 0.6 is 11.3 Å². The monoisotopic (exact) mass is 766 g/mol. The molecule has 14 aromatic rings. The summed E-state index contributed by atoms with van der Waals surface area (Å²) in [5, 5.41) is 13.9. The number of thiophene rings is 1. The van der Waals surface area contributed by atoms with Crippen LogP contribution in [0.3, 0.4) is 0 Å². The van der Waals surface area contributed by atoms with Gasteiger partial charge in [0.05, 0.1) is 38.8 Å². The third-order valence-electron chi connectivity index (χ3n) is 12.7. The van der Waals surface area contributed by atoms with Crippen LogP contribution in [-0.2, 0) is 0 Å². The van der Waals surface area contributed by atoms with Crippen molar-refractivity contribution >= 4 is 113 Å². The van der Waals surface area contributed by atoms with Gasteiger partial charge in [-0.15, -0.1) is 11.3 Å². The molecule has 0 saturated heterocycles. The number of para-hydroxylation sites is 4. The van der Waals surface area contributed by atoms with E-state index in [4.69, 9.17) is 9.97 Å². The van der Waals surface area contributed by atoms with Crippen molar-refractivity contribution in [3.8, 4) is 28.3 Å². The van der Waals surface area contributed by atoms with Crippen LogP contribution in [0.4, 0.5) is 0 Å². The molecule has 0 fully saturated rings. The first-order chi connectivity index (χ1) is 29.3. The van der Waals surface area contributed by atoms with E-state index in [1.165, 1.54) is 90.9 Å². The molecule has 0 amide bonds. The summed E-state index contributed by atoms with van der Waals surface area (Å²) >= 11 is 1.90. The third kappa shape index (κ3) is 4.21. The zero-order valence-corrected chi connectivity index (χ0v) is 32.3. The van der Waals surface area contributed by atoms with Gasteiger partial charge in [-0.2, -0.15) is 0 Å². The molecule has 0 aliphatic carbocycles. The Labute approximate surface area is 340 Å². The van der Waals surface area contributed by atoms with Gasteiger partial charge in [0.25, 0.3) is 0 Å². The summed E-state index contributed by atoms with van der Waals surface area (Å²) < 4.78 is 7.35. The normalized spacial score (nSPS) is 12.4. The number of benzene rings is 9. The van der Waals surface area contributed by atoms with E-state index in [0.717, 1.165) is 33.2 Å². The number of rotatable bonds is 3. The maximum absolute atomic E-state index is 5.27. The lowest BCUT2D eigenvalue weighted by Gasteiger charge is -2.12. The molecule has 9 aromatic carbocycles. The van der Waals surface area contributed by atoms with Crippen LogP contribution in [-0.4, -0.2) is 18.9 Å². The van der Waals surface area contributed by atoms with E-state index < -0.39 is 0 Å². The second-order valence-electron chi connectivity index (χ2n) is 15.7. The van der Waals surface area contributed by atoms with Crippen molar-refractivity contribution in [3.63, 3.8) is 0 Å². The van der Waals surface area contributed by atoms with Gasteiger partial charge in [0.1, 0.15) is 0 Å². The van der Waals surface area contributed by atoms with Gasteiger partial charge in [-0.05, 0) is 65.0 Å². The predicted octanol–water partition coefficient (Wildman–Crippen LogP) is 14.7. The van der Waals surface area contributed by atoms with Crippen LogP contribution in [0.5, 0.6) is 0 Å². The van der Waals surface area contributed by atoms with Gasteiger partial charge >= 0.3 is 0 Å². The van der Waals surface area contributed by atoms with Crippen molar-refractivity contribution in [2.24, 2.45) is 0 Å². The second-order valence-corrected chi connectivity index (χ2v) is 16.8. The molecule has 272 valence electrons. The van der Waals surface area contributed by atoms with Gasteiger partial charge < -0.3 is 4.40 Å². The Hall–Kier alpha value is -7.60. The molecule has 5 heterocycles. The van der Waals surface area contributed by atoms with Gasteiger partial charge in [0.2, 0.25) is 5.95 Å². The van der Waals surface area contributed by atoms with E-state index >= 15 is 0 Å². The Morgan fingerprint density at radius 1 is 0.373 bits per heavy atom. The molecule has 5 aromatic heterocycles. The molecule has 0 N–H and O–H groups in total. The fourth-order valence-corrected chi connectivity index (χ4v) is 11.3. The fraction of sp³-hybridized carbons (Fsp3) is 0. The molecular weight excluding hydrogens is 737 g/mol. The minimum atomic E-state index is 0.671. The molecule has 5 heteroatoms. The molecule has 0 atom stereocenters. The highest BCUT2D eigenvalue weighted by Crippen LogP contribution is 2.46. The van der Waals surface area contributed by atoms with E-state index in [-0.39, 0.29) is 0 Å². The molecule has 0 aliphatic heterocycles. The molecule has 0 saturated carbocycles. The van der Waals surface area contributed by atoms with E-state index in [0.29, 0.717) is 5.95 Å². The molecule has 0 spiro atoms. The topological polar surface area (TPSA) is 35.1 Å². The highest BCUT2D eigenvalue weighted by atomic mass is 32.1. The van der Waals surface area contributed by atoms with Crippen LogP contribution in [0, 0.1) is 0 Å².